The van der Waals surface area contributed by atoms with Gasteiger partial charge in [-0.3, -0.25) is 9.89 Å². The molecule has 0 radical (unpaired) electrons. The molecule has 0 atom stereocenters. The number of fused-ring (bicyclic) bond motifs is 1. The Morgan fingerprint density at radius 3 is 2.59 bits per heavy atom. The second-order valence-corrected chi connectivity index (χ2v) is 7.49. The molecule has 8 nitrogen and oxygen atoms in total. The van der Waals surface area contributed by atoms with Crippen LogP contribution in [0.1, 0.15) is 27.2 Å². The summed E-state index contributed by atoms with van der Waals surface area (Å²) < 4.78 is 54.6. The summed E-state index contributed by atoms with van der Waals surface area (Å²) in [5.74, 6) is -1.44. The molecule has 0 saturated carbocycles. The number of anilines is 2. The molecule has 4 rings (SSSR count). The van der Waals surface area contributed by atoms with Crippen LogP contribution >= 0.6 is 0 Å². The highest BCUT2D eigenvalue weighted by Crippen LogP contribution is 2.34. The van der Waals surface area contributed by atoms with Crippen molar-refractivity contribution in [3.05, 3.63) is 76.9 Å². The van der Waals surface area contributed by atoms with Crippen LogP contribution < -0.4 is 16.0 Å². The van der Waals surface area contributed by atoms with Crippen LogP contribution in [0.25, 0.3) is 10.9 Å². The Kier molecular flexibility index (Phi) is 6.05. The summed E-state index contributed by atoms with van der Waals surface area (Å²) in [6.07, 6.45) is -3.16. The number of nitrogens with one attached hydrogen (secondary N) is 2. The van der Waals surface area contributed by atoms with Crippen molar-refractivity contribution < 1.29 is 22.4 Å². The second kappa shape index (κ2) is 8.96. The van der Waals surface area contributed by atoms with Gasteiger partial charge < -0.3 is 16.0 Å². The molecule has 0 bridgehead atoms. The summed E-state index contributed by atoms with van der Waals surface area (Å²) in [4.78, 5) is 22.5. The topological polar surface area (TPSA) is 113 Å². The first-order valence-corrected chi connectivity index (χ1v) is 10.0. The van der Waals surface area contributed by atoms with E-state index in [0.29, 0.717) is 11.9 Å². The fraction of sp³-hybridized carbons (Fsp3) is 0.182. The van der Waals surface area contributed by atoms with Gasteiger partial charge in [0.2, 0.25) is 5.95 Å². The molecule has 0 aliphatic heterocycles. The Morgan fingerprint density at radius 1 is 1.15 bits per heavy atom. The maximum Gasteiger partial charge on any atom is 0.416 e. The molecule has 1 amide bonds. The van der Waals surface area contributed by atoms with E-state index in [4.69, 9.17) is 5.73 Å². The molecule has 4 N–H and O–H groups in total. The van der Waals surface area contributed by atoms with Gasteiger partial charge >= 0.3 is 6.18 Å². The average molecular weight is 473 g/mol. The first-order chi connectivity index (χ1) is 16.1. The standard InChI is InChI=1S/C22H19F4N7O/c1-33(11-12-8-9-29-32-12)21-30-18-13(19(27)34)4-2-5-14(18)20(31-21)28-10-15-16(22(24,25)26)6-3-7-17(15)23/h2-9H,10-11H2,1H3,(H2,27,34)(H,29,32)(H,28,30,31). The number of hydrogen-bond acceptors (Lipinski definition) is 6. The molecule has 0 aliphatic rings. The molecule has 34 heavy (non-hydrogen) atoms. The minimum Gasteiger partial charge on any atom is -0.366 e. The number of aromatic amines is 1. The van der Waals surface area contributed by atoms with Gasteiger partial charge in [0.05, 0.1) is 28.9 Å². The minimum atomic E-state index is -4.73. The van der Waals surface area contributed by atoms with E-state index in [9.17, 15) is 22.4 Å². The zero-order chi connectivity index (χ0) is 24.5. The van der Waals surface area contributed by atoms with Crippen LogP contribution in [0, 0.1) is 5.82 Å². The van der Waals surface area contributed by atoms with Crippen molar-refractivity contribution in [1.82, 2.24) is 20.2 Å². The third-order valence-corrected chi connectivity index (χ3v) is 5.14. The number of para-hydroxylation sites is 1. The Balaban J connectivity index is 1.78. The number of rotatable bonds is 7. The number of alkyl halides is 3. The number of carbonyl (C=O) groups excluding carboxylic acids is 1. The number of carbonyl (C=O) groups is 1. The molecule has 0 saturated heterocycles. The predicted octanol–water partition coefficient (Wildman–Crippen LogP) is 3.86. The molecular formula is C22H19F4N7O. The third-order valence-electron chi connectivity index (χ3n) is 5.14. The molecule has 0 spiro atoms. The maximum atomic E-state index is 14.3. The molecular weight excluding hydrogens is 454 g/mol. The number of halogens is 4. The van der Waals surface area contributed by atoms with E-state index in [2.05, 4.69) is 25.5 Å². The smallest absolute Gasteiger partial charge is 0.366 e. The van der Waals surface area contributed by atoms with Gasteiger partial charge in [-0.15, -0.1) is 0 Å². The van der Waals surface area contributed by atoms with Crippen LogP contribution in [0.5, 0.6) is 0 Å². The Bertz CT molecular complexity index is 1340. The van der Waals surface area contributed by atoms with Gasteiger partial charge in [0.25, 0.3) is 5.91 Å². The van der Waals surface area contributed by atoms with E-state index in [1.807, 2.05) is 0 Å². The molecule has 176 valence electrons. The van der Waals surface area contributed by atoms with Crippen LogP contribution in [-0.4, -0.2) is 33.1 Å². The highest BCUT2D eigenvalue weighted by atomic mass is 19.4. The van der Waals surface area contributed by atoms with Crippen LogP contribution in [0.15, 0.2) is 48.7 Å². The van der Waals surface area contributed by atoms with Crippen LogP contribution in [0.4, 0.5) is 29.3 Å². The van der Waals surface area contributed by atoms with Gasteiger partial charge in [0.15, 0.2) is 0 Å². The number of amides is 1. The summed E-state index contributed by atoms with van der Waals surface area (Å²) >= 11 is 0. The number of nitrogens with two attached hydrogens (primary N) is 1. The molecule has 2 aromatic carbocycles. The van der Waals surface area contributed by atoms with Crippen molar-refractivity contribution in [1.29, 1.82) is 0 Å². The zero-order valence-electron chi connectivity index (χ0n) is 17.8. The fourth-order valence-electron chi connectivity index (χ4n) is 3.52. The lowest BCUT2D eigenvalue weighted by Crippen LogP contribution is -2.21. The lowest BCUT2D eigenvalue weighted by molar-refractivity contribution is -0.138. The summed E-state index contributed by atoms with van der Waals surface area (Å²) in [7, 11) is 1.69. The van der Waals surface area contributed by atoms with E-state index in [-0.39, 0.29) is 22.8 Å². The molecule has 4 aromatic rings. The van der Waals surface area contributed by atoms with E-state index < -0.39 is 35.6 Å². The molecule has 2 heterocycles. The molecule has 0 unspecified atom stereocenters. The quantitative estimate of drug-likeness (QED) is 0.352. The molecule has 2 aromatic heterocycles. The summed E-state index contributed by atoms with van der Waals surface area (Å²) in [6.45, 7) is -0.173. The third kappa shape index (κ3) is 4.60. The van der Waals surface area contributed by atoms with E-state index in [0.717, 1.165) is 23.9 Å². The summed E-state index contributed by atoms with van der Waals surface area (Å²) in [5.41, 5.74) is 4.93. The Hall–Kier alpha value is -4.22. The highest BCUT2D eigenvalue weighted by Gasteiger charge is 2.34. The molecule has 0 aliphatic carbocycles. The van der Waals surface area contributed by atoms with Crippen molar-refractivity contribution in [3.63, 3.8) is 0 Å². The van der Waals surface area contributed by atoms with Crippen LogP contribution in [0.3, 0.4) is 0 Å². The van der Waals surface area contributed by atoms with Crippen molar-refractivity contribution in [2.45, 2.75) is 19.3 Å². The SMILES string of the molecule is CN(Cc1ccn[nH]1)c1nc(NCc2c(F)cccc2C(F)(F)F)c2cccc(C(N)=O)c2n1. The lowest BCUT2D eigenvalue weighted by Gasteiger charge is -2.20. The van der Waals surface area contributed by atoms with E-state index >= 15 is 0 Å². The summed E-state index contributed by atoms with van der Waals surface area (Å²) in [6, 6.07) is 9.15. The zero-order valence-corrected chi connectivity index (χ0v) is 17.8. The van der Waals surface area contributed by atoms with Crippen LogP contribution in [0.2, 0.25) is 0 Å². The largest absolute Gasteiger partial charge is 0.416 e. The van der Waals surface area contributed by atoms with Crippen molar-refractivity contribution in [2.75, 3.05) is 17.3 Å². The van der Waals surface area contributed by atoms with Gasteiger partial charge in [-0.05, 0) is 30.3 Å². The minimum absolute atomic E-state index is 0.112. The monoisotopic (exact) mass is 473 g/mol. The maximum absolute atomic E-state index is 14.3. The van der Waals surface area contributed by atoms with Crippen molar-refractivity contribution in [2.24, 2.45) is 5.73 Å². The number of H-pyrrole nitrogens is 1. The molecule has 12 heteroatoms. The van der Waals surface area contributed by atoms with E-state index in [1.54, 1.807) is 36.3 Å². The van der Waals surface area contributed by atoms with Crippen molar-refractivity contribution >= 4 is 28.6 Å². The number of aromatic nitrogens is 4. The Morgan fingerprint density at radius 2 is 1.91 bits per heavy atom. The van der Waals surface area contributed by atoms with Gasteiger partial charge in [0, 0.05) is 30.7 Å². The van der Waals surface area contributed by atoms with Gasteiger partial charge in [0.1, 0.15) is 11.6 Å². The van der Waals surface area contributed by atoms with E-state index in [1.165, 1.54) is 6.07 Å². The fourth-order valence-corrected chi connectivity index (χ4v) is 3.52. The second-order valence-electron chi connectivity index (χ2n) is 7.49. The predicted molar refractivity (Wildman–Crippen MR) is 117 cm³/mol. The van der Waals surface area contributed by atoms with Crippen molar-refractivity contribution in [3.8, 4) is 0 Å². The molecule has 0 fully saturated rings. The van der Waals surface area contributed by atoms with Gasteiger partial charge in [-0.25, -0.2) is 9.37 Å². The first-order valence-electron chi connectivity index (χ1n) is 10.0. The average Bonchev–Trinajstić information content (AvgIpc) is 3.29. The number of benzene rings is 2. The first kappa shape index (κ1) is 23.0. The number of primary amides is 1. The normalized spacial score (nSPS) is 11.6. The highest BCUT2D eigenvalue weighted by molar-refractivity contribution is 6.07. The summed E-state index contributed by atoms with van der Waals surface area (Å²) in [5, 5.41) is 9.82. The number of nitrogens with zero attached hydrogens (tertiary/aromatic N) is 4. The van der Waals surface area contributed by atoms with Gasteiger partial charge in [-0.1, -0.05) is 12.1 Å². The Labute approximate surface area is 190 Å². The van der Waals surface area contributed by atoms with Crippen LogP contribution in [-0.2, 0) is 19.3 Å². The van der Waals surface area contributed by atoms with Gasteiger partial charge in [-0.2, -0.15) is 23.3 Å². The lowest BCUT2D eigenvalue weighted by atomic mass is 10.1. The number of hydrogen-bond donors (Lipinski definition) is 3.